The first-order chi connectivity index (χ1) is 8.97. The number of rotatable bonds is 7. The van der Waals surface area contributed by atoms with Gasteiger partial charge in [0.05, 0.1) is 17.2 Å². The summed E-state index contributed by atoms with van der Waals surface area (Å²) in [4.78, 5) is 4.15. The van der Waals surface area contributed by atoms with Crippen molar-refractivity contribution < 1.29 is 17.9 Å². The molecule has 0 aliphatic carbocycles. The second-order valence-electron chi connectivity index (χ2n) is 3.85. The number of pyridine rings is 1. The van der Waals surface area contributed by atoms with Crippen LogP contribution in [0.1, 0.15) is 18.9 Å². The molecule has 1 aromatic rings. The molecule has 3 nitrogen and oxygen atoms in total. The molecule has 1 aromatic heterocycles. The quantitative estimate of drug-likeness (QED) is 0.615. The van der Waals surface area contributed by atoms with Crippen molar-refractivity contribution in [1.82, 2.24) is 4.98 Å². The van der Waals surface area contributed by atoms with Crippen LogP contribution >= 0.6 is 11.8 Å². The van der Waals surface area contributed by atoms with E-state index in [9.17, 15) is 13.2 Å². The molecule has 0 bridgehead atoms. The molecule has 0 radical (unpaired) electrons. The first kappa shape index (κ1) is 16.1. The molecule has 0 saturated carbocycles. The van der Waals surface area contributed by atoms with E-state index in [0.29, 0.717) is 23.9 Å². The third kappa shape index (κ3) is 5.69. The Morgan fingerprint density at radius 3 is 2.68 bits per heavy atom. The Kier molecular flexibility index (Phi) is 6.44. The molecule has 0 unspecified atom stereocenters. The SMILES string of the molecule is CCCNc1cc(C(F)(F)F)cc(SCCOC)n1. The van der Waals surface area contributed by atoms with E-state index in [1.165, 1.54) is 11.8 Å². The Hall–Kier alpha value is -0.950. The molecule has 0 aromatic carbocycles. The van der Waals surface area contributed by atoms with Gasteiger partial charge < -0.3 is 10.1 Å². The number of anilines is 1. The van der Waals surface area contributed by atoms with Crippen LogP contribution in [-0.2, 0) is 10.9 Å². The lowest BCUT2D eigenvalue weighted by molar-refractivity contribution is -0.137. The molecule has 0 spiro atoms. The normalized spacial score (nSPS) is 11.6. The Balaban J connectivity index is 2.89. The maximum Gasteiger partial charge on any atom is 0.416 e. The number of aromatic nitrogens is 1. The molecule has 7 heteroatoms. The van der Waals surface area contributed by atoms with E-state index in [4.69, 9.17) is 4.74 Å². The summed E-state index contributed by atoms with van der Waals surface area (Å²) >= 11 is 1.25. The van der Waals surface area contributed by atoms with E-state index in [-0.39, 0.29) is 5.82 Å². The Morgan fingerprint density at radius 2 is 2.11 bits per heavy atom. The molecule has 19 heavy (non-hydrogen) atoms. The zero-order valence-corrected chi connectivity index (χ0v) is 11.7. The van der Waals surface area contributed by atoms with Crippen molar-refractivity contribution in [3.63, 3.8) is 0 Å². The maximum atomic E-state index is 12.8. The third-order valence-electron chi connectivity index (χ3n) is 2.22. The van der Waals surface area contributed by atoms with Gasteiger partial charge >= 0.3 is 6.18 Å². The van der Waals surface area contributed by atoms with Crippen LogP contribution in [0.25, 0.3) is 0 Å². The number of hydrogen-bond acceptors (Lipinski definition) is 4. The van der Waals surface area contributed by atoms with Gasteiger partial charge in [-0.2, -0.15) is 13.2 Å². The van der Waals surface area contributed by atoms with E-state index in [1.54, 1.807) is 7.11 Å². The number of thioether (sulfide) groups is 1. The first-order valence-electron chi connectivity index (χ1n) is 5.92. The van der Waals surface area contributed by atoms with E-state index >= 15 is 0 Å². The van der Waals surface area contributed by atoms with Crippen molar-refractivity contribution in [3.05, 3.63) is 17.7 Å². The van der Waals surface area contributed by atoms with Gasteiger partial charge in [-0.15, -0.1) is 11.8 Å². The number of methoxy groups -OCH3 is 1. The van der Waals surface area contributed by atoms with Crippen LogP contribution in [0.15, 0.2) is 17.2 Å². The predicted octanol–water partition coefficient (Wildman–Crippen LogP) is 3.66. The molecule has 0 saturated heterocycles. The van der Waals surface area contributed by atoms with Crippen molar-refractivity contribution in [1.29, 1.82) is 0 Å². The van der Waals surface area contributed by atoms with Gasteiger partial charge in [-0.3, -0.25) is 0 Å². The van der Waals surface area contributed by atoms with E-state index in [1.807, 2.05) is 6.92 Å². The molecule has 0 aliphatic heterocycles. The predicted molar refractivity (Wildman–Crippen MR) is 70.6 cm³/mol. The molecular weight excluding hydrogens is 277 g/mol. The minimum absolute atomic E-state index is 0.261. The average molecular weight is 294 g/mol. The van der Waals surface area contributed by atoms with Gasteiger partial charge in [-0.25, -0.2) is 4.98 Å². The smallest absolute Gasteiger partial charge is 0.384 e. The molecule has 0 amide bonds. The molecule has 108 valence electrons. The van der Waals surface area contributed by atoms with Gasteiger partial charge in [0.1, 0.15) is 5.82 Å². The molecule has 1 rings (SSSR count). The molecule has 0 aliphatic rings. The van der Waals surface area contributed by atoms with Crippen molar-refractivity contribution in [3.8, 4) is 0 Å². The fourth-order valence-corrected chi connectivity index (χ4v) is 2.15. The first-order valence-corrected chi connectivity index (χ1v) is 6.90. The molecule has 1 N–H and O–H groups in total. The van der Waals surface area contributed by atoms with E-state index in [0.717, 1.165) is 18.6 Å². The zero-order valence-electron chi connectivity index (χ0n) is 10.9. The number of halogens is 3. The minimum Gasteiger partial charge on any atom is -0.384 e. The number of alkyl halides is 3. The van der Waals surface area contributed by atoms with Crippen LogP contribution in [0.4, 0.5) is 19.0 Å². The highest BCUT2D eigenvalue weighted by Gasteiger charge is 2.31. The standard InChI is InChI=1S/C12H17F3N2OS/c1-3-4-16-10-7-9(12(13,14)15)8-11(17-10)19-6-5-18-2/h7-8H,3-6H2,1-2H3,(H,16,17). The van der Waals surface area contributed by atoms with Crippen molar-refractivity contribution in [2.24, 2.45) is 0 Å². The second-order valence-corrected chi connectivity index (χ2v) is 4.96. The van der Waals surface area contributed by atoms with Crippen LogP contribution in [0.5, 0.6) is 0 Å². The summed E-state index contributed by atoms with van der Waals surface area (Å²) in [7, 11) is 1.55. The van der Waals surface area contributed by atoms with Crippen LogP contribution < -0.4 is 5.32 Å². The van der Waals surface area contributed by atoms with Gasteiger partial charge in [-0.05, 0) is 18.6 Å². The minimum atomic E-state index is -4.36. The Morgan fingerprint density at radius 1 is 1.37 bits per heavy atom. The lowest BCUT2D eigenvalue weighted by atomic mass is 10.2. The monoisotopic (exact) mass is 294 g/mol. The van der Waals surface area contributed by atoms with Crippen LogP contribution in [0, 0.1) is 0 Å². The number of nitrogens with zero attached hydrogens (tertiary/aromatic N) is 1. The van der Waals surface area contributed by atoms with Gasteiger partial charge in [0.15, 0.2) is 0 Å². The summed E-state index contributed by atoms with van der Waals surface area (Å²) in [5, 5.41) is 3.23. The number of hydrogen-bond donors (Lipinski definition) is 1. The fraction of sp³-hybridized carbons (Fsp3) is 0.583. The largest absolute Gasteiger partial charge is 0.416 e. The van der Waals surface area contributed by atoms with Gasteiger partial charge in [0.2, 0.25) is 0 Å². The highest BCUT2D eigenvalue weighted by atomic mass is 32.2. The molecule has 1 heterocycles. The summed E-state index contributed by atoms with van der Waals surface area (Å²) < 4.78 is 43.2. The number of nitrogens with one attached hydrogen (secondary N) is 1. The average Bonchev–Trinajstić information content (AvgIpc) is 2.35. The summed E-state index contributed by atoms with van der Waals surface area (Å²) in [5.41, 5.74) is -0.680. The zero-order chi connectivity index (χ0) is 14.3. The molecule has 0 atom stereocenters. The van der Waals surface area contributed by atoms with E-state index in [2.05, 4.69) is 10.3 Å². The van der Waals surface area contributed by atoms with Crippen LogP contribution in [-0.4, -0.2) is 31.0 Å². The fourth-order valence-electron chi connectivity index (χ4n) is 1.32. The highest BCUT2D eigenvalue weighted by Crippen LogP contribution is 2.33. The van der Waals surface area contributed by atoms with Gasteiger partial charge in [0.25, 0.3) is 0 Å². The lowest BCUT2D eigenvalue weighted by Crippen LogP contribution is -2.09. The van der Waals surface area contributed by atoms with Gasteiger partial charge in [-0.1, -0.05) is 6.92 Å². The summed E-state index contributed by atoms with van der Waals surface area (Å²) in [6.07, 6.45) is -3.54. The summed E-state index contributed by atoms with van der Waals surface area (Å²) in [5.74, 6) is 0.828. The Bertz CT molecular complexity index is 399. The van der Waals surface area contributed by atoms with Crippen molar-refractivity contribution in [2.45, 2.75) is 24.5 Å². The van der Waals surface area contributed by atoms with Gasteiger partial charge in [0, 0.05) is 19.4 Å². The summed E-state index contributed by atoms with van der Waals surface area (Å²) in [6, 6.07) is 2.10. The summed E-state index contributed by atoms with van der Waals surface area (Å²) in [6.45, 7) is 3.01. The highest BCUT2D eigenvalue weighted by molar-refractivity contribution is 7.99. The molecular formula is C12H17F3N2OS. The van der Waals surface area contributed by atoms with Crippen LogP contribution in [0.3, 0.4) is 0 Å². The van der Waals surface area contributed by atoms with Crippen molar-refractivity contribution in [2.75, 3.05) is 31.3 Å². The Labute approximate surface area is 114 Å². The molecule has 0 fully saturated rings. The van der Waals surface area contributed by atoms with Crippen LogP contribution in [0.2, 0.25) is 0 Å². The lowest BCUT2D eigenvalue weighted by Gasteiger charge is -2.12. The maximum absolute atomic E-state index is 12.8. The van der Waals surface area contributed by atoms with E-state index < -0.39 is 11.7 Å². The topological polar surface area (TPSA) is 34.1 Å². The number of ether oxygens (including phenoxy) is 1. The van der Waals surface area contributed by atoms with Crippen molar-refractivity contribution >= 4 is 17.6 Å². The third-order valence-corrected chi connectivity index (χ3v) is 3.10. The second kappa shape index (κ2) is 7.59.